The molecule has 0 amide bonds. The molecule has 0 bridgehead atoms. The molecule has 0 aliphatic carbocycles. The summed E-state index contributed by atoms with van der Waals surface area (Å²) in [5, 5.41) is 0. The zero-order valence-electron chi connectivity index (χ0n) is 6.29. The second-order valence-corrected chi connectivity index (χ2v) is 2.03. The molecule has 0 atom stereocenters. The Bertz CT molecular complexity index is 309. The number of fused-ring (bicyclic) bond motifs is 1. The van der Waals surface area contributed by atoms with E-state index in [1.807, 2.05) is 24.3 Å². The molecule has 0 aromatic heterocycles. The summed E-state index contributed by atoms with van der Waals surface area (Å²) < 4.78 is 7.23. The Hall–Kier alpha value is -1.44. The van der Waals surface area contributed by atoms with E-state index in [-0.39, 0.29) is 6.18 Å². The molecule has 50 valence electrons. The molecule has 0 radical (unpaired) electrons. The number of rotatable bonds is 0. The van der Waals surface area contributed by atoms with Crippen LogP contribution in [0.1, 0.15) is 6.93 Å². The molecule has 0 saturated heterocycles. The molecule has 2 heteroatoms. The molecule has 1 aromatic carbocycles. The number of hydroxylamine groups is 1. The second-order valence-electron chi connectivity index (χ2n) is 2.03. The highest BCUT2D eigenvalue weighted by Gasteiger charge is 2.01. The summed E-state index contributed by atoms with van der Waals surface area (Å²) in [7, 11) is 0. The van der Waals surface area contributed by atoms with Crippen molar-refractivity contribution < 1.29 is 6.21 Å². The Balaban J connectivity index is 2.51. The number of hydrogen-bond donors (Lipinski definition) is 1. The van der Waals surface area contributed by atoms with Crippen LogP contribution in [0.3, 0.4) is 0 Å². The maximum absolute atomic E-state index is 7.23. The summed E-state index contributed by atoms with van der Waals surface area (Å²) in [6, 6.07) is 7.57. The van der Waals surface area contributed by atoms with Gasteiger partial charge in [-0.25, -0.2) is 5.48 Å². The van der Waals surface area contributed by atoms with Gasteiger partial charge in [0.2, 0.25) is 0 Å². The third kappa shape index (κ3) is 0.739. The van der Waals surface area contributed by atoms with Crippen molar-refractivity contribution in [3.63, 3.8) is 0 Å². The van der Waals surface area contributed by atoms with Crippen LogP contribution in [0.2, 0.25) is 0 Å². The quantitative estimate of drug-likeness (QED) is 0.581. The first-order chi connectivity index (χ1) is 5.36. The molecular formula is C8H7NO. The highest BCUT2D eigenvalue weighted by Crippen LogP contribution is 2.20. The minimum Gasteiger partial charge on any atom is -0.382 e. The number of hydrogen-bond acceptors (Lipinski definition) is 2. The van der Waals surface area contributed by atoms with Crippen LogP contribution in [-0.2, 0) is 0 Å². The lowest BCUT2D eigenvalue weighted by molar-refractivity contribution is 0.239. The monoisotopic (exact) mass is 134 g/mol. The van der Waals surface area contributed by atoms with Gasteiger partial charge in [0.25, 0.3) is 0 Å². The third-order valence-corrected chi connectivity index (χ3v) is 1.37. The molecule has 0 spiro atoms. The Labute approximate surface area is 60.5 Å². The van der Waals surface area contributed by atoms with Crippen molar-refractivity contribution in [2.75, 3.05) is 0 Å². The summed E-state index contributed by atoms with van der Waals surface area (Å²) in [6.45, 7) is 0. The van der Waals surface area contributed by atoms with Gasteiger partial charge in [0, 0.05) is 11.7 Å². The van der Waals surface area contributed by atoms with Crippen LogP contribution in [0, 0.1) is 0 Å². The second kappa shape index (κ2) is 2.06. The Morgan fingerprint density at radius 1 is 1.40 bits per heavy atom. The summed E-state index contributed by atoms with van der Waals surface area (Å²) in [4.78, 5) is 5.03. The lowest BCUT2D eigenvalue weighted by Gasteiger charge is -2.11. The molecule has 1 N–H and O–H groups in total. The predicted molar refractivity (Wildman–Crippen MR) is 39.2 cm³/mol. The molecule has 1 heterocycles. The zero-order chi connectivity index (χ0) is 7.68. The van der Waals surface area contributed by atoms with E-state index >= 15 is 0 Å². The summed E-state index contributed by atoms with van der Waals surface area (Å²) in [5.74, 6) is 0.767. The molecule has 1 aliphatic heterocycles. The molecule has 0 fully saturated rings. The van der Waals surface area contributed by atoms with E-state index in [0.717, 1.165) is 11.3 Å². The van der Waals surface area contributed by atoms with E-state index in [9.17, 15) is 0 Å². The zero-order valence-corrected chi connectivity index (χ0v) is 5.29. The van der Waals surface area contributed by atoms with Crippen LogP contribution in [0.25, 0.3) is 6.08 Å². The van der Waals surface area contributed by atoms with E-state index in [1.54, 1.807) is 6.08 Å². The van der Waals surface area contributed by atoms with E-state index in [2.05, 4.69) is 5.48 Å². The van der Waals surface area contributed by atoms with E-state index in [4.69, 9.17) is 6.21 Å². The Morgan fingerprint density at radius 3 is 3.30 bits per heavy atom. The van der Waals surface area contributed by atoms with Gasteiger partial charge >= 0.3 is 0 Å². The largest absolute Gasteiger partial charge is 0.382 e. The predicted octanol–water partition coefficient (Wildman–Crippen LogP) is 1.55. The van der Waals surface area contributed by atoms with Gasteiger partial charge in [-0.15, -0.1) is 0 Å². The van der Waals surface area contributed by atoms with Crippen molar-refractivity contribution in [3.8, 4) is 5.75 Å². The highest BCUT2D eigenvalue weighted by atomic mass is 16.6. The van der Waals surface area contributed by atoms with Gasteiger partial charge in [0.05, 0.1) is 1.37 Å². The van der Waals surface area contributed by atoms with Crippen LogP contribution in [0.15, 0.2) is 30.4 Å². The standard InChI is InChI=1S/C8H7NO/c1-2-4-8-7(3-1)5-6-9-10-8/h1-6,9H/i6D. The van der Waals surface area contributed by atoms with Crippen molar-refractivity contribution in [1.82, 2.24) is 5.48 Å². The lowest BCUT2D eigenvalue weighted by Crippen LogP contribution is -2.13. The SMILES string of the molecule is [2H]C1=Cc2ccccc2ON1. The van der Waals surface area contributed by atoms with Gasteiger partial charge in [-0.3, -0.25) is 0 Å². The minimum absolute atomic E-state index is 0.281. The van der Waals surface area contributed by atoms with Crippen LogP contribution in [-0.4, -0.2) is 0 Å². The molecular weight excluding hydrogens is 126 g/mol. The van der Waals surface area contributed by atoms with E-state index < -0.39 is 0 Å². The van der Waals surface area contributed by atoms with Gasteiger partial charge in [-0.1, -0.05) is 18.2 Å². The molecule has 2 nitrogen and oxygen atoms in total. The van der Waals surface area contributed by atoms with Crippen molar-refractivity contribution in [2.24, 2.45) is 0 Å². The van der Waals surface area contributed by atoms with Gasteiger partial charge < -0.3 is 4.84 Å². The maximum Gasteiger partial charge on any atom is 0.162 e. The molecule has 1 aromatic rings. The number of para-hydroxylation sites is 1. The maximum atomic E-state index is 7.23. The van der Waals surface area contributed by atoms with Crippen LogP contribution >= 0.6 is 0 Å². The van der Waals surface area contributed by atoms with E-state index in [0.29, 0.717) is 0 Å². The first-order valence-corrected chi connectivity index (χ1v) is 3.06. The van der Waals surface area contributed by atoms with Crippen LogP contribution in [0.5, 0.6) is 5.75 Å². The average molecular weight is 134 g/mol. The first kappa shape index (κ1) is 4.39. The number of benzene rings is 1. The highest BCUT2D eigenvalue weighted by molar-refractivity contribution is 5.57. The first-order valence-electron chi connectivity index (χ1n) is 3.56. The Morgan fingerprint density at radius 2 is 2.30 bits per heavy atom. The normalized spacial score (nSPS) is 15.6. The fourth-order valence-corrected chi connectivity index (χ4v) is 0.884. The Kier molecular flexibility index (Phi) is 0.905. The van der Waals surface area contributed by atoms with Gasteiger partial charge in [0.1, 0.15) is 0 Å². The molecule has 2 rings (SSSR count). The molecule has 0 unspecified atom stereocenters. The topological polar surface area (TPSA) is 21.3 Å². The smallest absolute Gasteiger partial charge is 0.162 e. The average Bonchev–Trinajstić information content (AvgIpc) is 2.04. The lowest BCUT2D eigenvalue weighted by atomic mass is 10.2. The molecule has 0 saturated carbocycles. The van der Waals surface area contributed by atoms with Crippen LogP contribution < -0.4 is 10.3 Å². The van der Waals surface area contributed by atoms with Crippen molar-refractivity contribution in [3.05, 3.63) is 36.0 Å². The molecule has 1 aliphatic rings. The van der Waals surface area contributed by atoms with E-state index in [1.165, 1.54) is 0 Å². The van der Waals surface area contributed by atoms with Gasteiger partial charge in [-0.05, 0) is 12.1 Å². The minimum atomic E-state index is 0.281. The van der Waals surface area contributed by atoms with Gasteiger partial charge in [-0.2, -0.15) is 0 Å². The fraction of sp³-hybridized carbons (Fsp3) is 0. The van der Waals surface area contributed by atoms with Gasteiger partial charge in [0.15, 0.2) is 5.75 Å². The van der Waals surface area contributed by atoms with Crippen molar-refractivity contribution >= 4 is 6.08 Å². The third-order valence-electron chi connectivity index (χ3n) is 1.37. The fourth-order valence-electron chi connectivity index (χ4n) is 0.884. The van der Waals surface area contributed by atoms with Crippen LogP contribution in [0.4, 0.5) is 0 Å². The number of nitrogens with one attached hydrogen (secondary N) is 1. The summed E-state index contributed by atoms with van der Waals surface area (Å²) in [5.41, 5.74) is 3.41. The summed E-state index contributed by atoms with van der Waals surface area (Å²) in [6.07, 6.45) is 2.00. The van der Waals surface area contributed by atoms with Crippen molar-refractivity contribution in [2.45, 2.75) is 0 Å². The summed E-state index contributed by atoms with van der Waals surface area (Å²) >= 11 is 0. The van der Waals surface area contributed by atoms with Crippen molar-refractivity contribution in [1.29, 1.82) is 0 Å². The molecule has 10 heavy (non-hydrogen) atoms.